The Bertz CT molecular complexity index is 974. The van der Waals surface area contributed by atoms with Gasteiger partial charge in [0.25, 0.3) is 5.69 Å². The molecule has 2 rings (SSSR count). The van der Waals surface area contributed by atoms with Gasteiger partial charge in [0.2, 0.25) is 5.91 Å². The number of non-ortho nitro benzene ring substituents is 1. The summed E-state index contributed by atoms with van der Waals surface area (Å²) in [6.07, 6.45) is -0.579. The molecule has 0 saturated carbocycles. The number of carboxylic acid groups (broad SMARTS) is 1. The summed E-state index contributed by atoms with van der Waals surface area (Å²) in [6.45, 7) is 0. The molecule has 0 saturated heterocycles. The van der Waals surface area contributed by atoms with Crippen molar-refractivity contribution in [1.82, 2.24) is 5.32 Å². The summed E-state index contributed by atoms with van der Waals surface area (Å²) in [5.41, 5.74) is 0.154. The van der Waals surface area contributed by atoms with Crippen molar-refractivity contribution in [2.24, 2.45) is 0 Å². The van der Waals surface area contributed by atoms with Gasteiger partial charge in [-0.15, -0.1) is 0 Å². The van der Waals surface area contributed by atoms with Gasteiger partial charge in [-0.1, -0.05) is 30.3 Å². The molecule has 0 aliphatic rings. The van der Waals surface area contributed by atoms with E-state index in [-0.39, 0.29) is 23.4 Å². The van der Waals surface area contributed by atoms with Crippen molar-refractivity contribution in [2.75, 3.05) is 5.75 Å². The number of carbonyl (C=O) groups excluding carboxylic acids is 1. The number of nitro benzene ring substituents is 1. The number of hydrogen-bond acceptors (Lipinski definition) is 6. The molecule has 9 nitrogen and oxygen atoms in total. The van der Waals surface area contributed by atoms with Crippen LogP contribution < -0.4 is 5.32 Å². The van der Waals surface area contributed by atoms with Crippen LogP contribution in [0.4, 0.5) is 5.69 Å². The van der Waals surface area contributed by atoms with E-state index in [0.717, 1.165) is 0 Å². The molecule has 0 heterocycles. The van der Waals surface area contributed by atoms with E-state index in [2.05, 4.69) is 5.32 Å². The number of benzene rings is 2. The molecule has 0 aliphatic heterocycles. The van der Waals surface area contributed by atoms with Crippen molar-refractivity contribution in [2.45, 2.75) is 23.8 Å². The zero-order valence-electron chi connectivity index (χ0n) is 14.6. The summed E-state index contributed by atoms with van der Waals surface area (Å²) in [6, 6.07) is 11.6. The molecule has 2 aromatic carbocycles. The Hall–Kier alpha value is -3.27. The van der Waals surface area contributed by atoms with E-state index in [1.54, 1.807) is 18.2 Å². The van der Waals surface area contributed by atoms with Crippen molar-refractivity contribution in [3.63, 3.8) is 0 Å². The summed E-state index contributed by atoms with van der Waals surface area (Å²) in [7, 11) is -3.69. The largest absolute Gasteiger partial charge is 0.480 e. The van der Waals surface area contributed by atoms with E-state index in [0.29, 0.717) is 5.56 Å². The van der Waals surface area contributed by atoms with Crippen molar-refractivity contribution < 1.29 is 28.0 Å². The van der Waals surface area contributed by atoms with Gasteiger partial charge in [-0.25, -0.2) is 13.2 Å². The number of aliphatic carboxylic acids is 1. The highest BCUT2D eigenvalue weighted by atomic mass is 32.2. The third kappa shape index (κ3) is 5.88. The second-order valence-corrected chi connectivity index (χ2v) is 8.09. The van der Waals surface area contributed by atoms with E-state index >= 15 is 0 Å². The highest BCUT2D eigenvalue weighted by Crippen LogP contribution is 2.14. The summed E-state index contributed by atoms with van der Waals surface area (Å²) in [5.74, 6) is -2.49. The lowest BCUT2D eigenvalue weighted by Gasteiger charge is -2.15. The van der Waals surface area contributed by atoms with Crippen molar-refractivity contribution in [3.05, 3.63) is 70.3 Å². The van der Waals surface area contributed by atoms with Crippen LogP contribution in [0.2, 0.25) is 0 Å². The van der Waals surface area contributed by atoms with Gasteiger partial charge >= 0.3 is 5.97 Å². The monoisotopic (exact) mass is 406 g/mol. The van der Waals surface area contributed by atoms with Crippen molar-refractivity contribution >= 4 is 27.4 Å². The van der Waals surface area contributed by atoms with E-state index in [1.165, 1.54) is 36.4 Å². The van der Waals surface area contributed by atoms with Gasteiger partial charge in [-0.05, 0) is 24.1 Å². The molecule has 1 amide bonds. The topological polar surface area (TPSA) is 144 Å². The first-order chi connectivity index (χ1) is 13.2. The number of nitrogens with one attached hydrogen (secondary N) is 1. The van der Waals surface area contributed by atoms with Crippen LogP contribution >= 0.6 is 0 Å². The number of carbonyl (C=O) groups is 2. The Morgan fingerprint density at radius 2 is 1.79 bits per heavy atom. The van der Waals surface area contributed by atoms with Gasteiger partial charge in [-0.3, -0.25) is 14.9 Å². The third-order valence-corrected chi connectivity index (χ3v) is 5.66. The molecule has 1 atom stereocenters. The van der Waals surface area contributed by atoms with Crippen LogP contribution in [0.5, 0.6) is 0 Å². The average Bonchev–Trinajstić information content (AvgIpc) is 2.65. The quantitative estimate of drug-likeness (QED) is 0.475. The number of rotatable bonds is 9. The van der Waals surface area contributed by atoms with Gasteiger partial charge in [0.1, 0.15) is 6.04 Å². The first-order valence-corrected chi connectivity index (χ1v) is 9.87. The average molecular weight is 406 g/mol. The van der Waals surface area contributed by atoms with Gasteiger partial charge in [0.05, 0.1) is 22.0 Å². The van der Waals surface area contributed by atoms with Crippen molar-refractivity contribution in [1.29, 1.82) is 0 Å². The number of amides is 1. The summed E-state index contributed by atoms with van der Waals surface area (Å²) in [5, 5.41) is 22.3. The fourth-order valence-electron chi connectivity index (χ4n) is 2.49. The van der Waals surface area contributed by atoms with Crippen LogP contribution in [0.3, 0.4) is 0 Å². The van der Waals surface area contributed by atoms with Gasteiger partial charge in [0.15, 0.2) is 9.84 Å². The van der Waals surface area contributed by atoms with E-state index in [1.807, 2.05) is 0 Å². The fourth-order valence-corrected chi connectivity index (χ4v) is 3.84. The second kappa shape index (κ2) is 9.09. The molecule has 0 unspecified atom stereocenters. The molecule has 28 heavy (non-hydrogen) atoms. The zero-order valence-corrected chi connectivity index (χ0v) is 15.5. The molecule has 0 bridgehead atoms. The minimum Gasteiger partial charge on any atom is -0.480 e. The lowest BCUT2D eigenvalue weighted by molar-refractivity contribution is -0.384. The van der Waals surface area contributed by atoms with Crippen LogP contribution in [0.1, 0.15) is 12.0 Å². The molecular weight excluding hydrogens is 388 g/mol. The zero-order chi connectivity index (χ0) is 20.7. The molecule has 2 aromatic rings. The molecule has 0 spiro atoms. The molecule has 148 valence electrons. The van der Waals surface area contributed by atoms with Gasteiger partial charge in [-0.2, -0.15) is 0 Å². The number of nitro groups is 1. The standard InChI is InChI=1S/C18H18N2O7S/c21-17(12-13-5-4-6-14(11-13)20(24)25)19-16(18(22)23)9-10-28(26,27)15-7-2-1-3-8-15/h1-8,11,16H,9-10,12H2,(H,19,21)(H,22,23)/t16-/m1/s1. The van der Waals surface area contributed by atoms with E-state index in [4.69, 9.17) is 0 Å². The van der Waals surface area contributed by atoms with Crippen LogP contribution in [-0.4, -0.2) is 42.1 Å². The number of carboxylic acids is 1. The summed E-state index contributed by atoms with van der Waals surface area (Å²) >= 11 is 0. The lowest BCUT2D eigenvalue weighted by Crippen LogP contribution is -2.42. The molecule has 2 N–H and O–H groups in total. The minimum absolute atomic E-state index is 0.0714. The van der Waals surface area contributed by atoms with Crippen LogP contribution in [-0.2, 0) is 25.8 Å². The molecule has 0 aromatic heterocycles. The maximum Gasteiger partial charge on any atom is 0.326 e. The SMILES string of the molecule is O=C(Cc1cccc([N+](=O)[O-])c1)N[C@H](CCS(=O)(=O)c1ccccc1)C(=O)O. The van der Waals surface area contributed by atoms with E-state index < -0.39 is 38.4 Å². The maximum absolute atomic E-state index is 12.3. The smallest absolute Gasteiger partial charge is 0.326 e. The number of sulfone groups is 1. The molecule has 0 aliphatic carbocycles. The Morgan fingerprint density at radius 3 is 2.39 bits per heavy atom. The minimum atomic E-state index is -3.69. The van der Waals surface area contributed by atoms with Crippen molar-refractivity contribution in [3.8, 4) is 0 Å². The van der Waals surface area contributed by atoms with Crippen LogP contribution in [0.15, 0.2) is 59.5 Å². The molecular formula is C18H18N2O7S. The second-order valence-electron chi connectivity index (χ2n) is 5.98. The van der Waals surface area contributed by atoms with Crippen LogP contribution in [0.25, 0.3) is 0 Å². The number of nitrogens with zero attached hydrogens (tertiary/aromatic N) is 1. The van der Waals surface area contributed by atoms with E-state index in [9.17, 15) is 33.2 Å². The highest BCUT2D eigenvalue weighted by Gasteiger charge is 2.24. The predicted molar refractivity (Wildman–Crippen MR) is 99.5 cm³/mol. The Labute approximate surface area is 161 Å². The Morgan fingerprint density at radius 1 is 1.11 bits per heavy atom. The Balaban J connectivity index is 2.01. The maximum atomic E-state index is 12.3. The van der Waals surface area contributed by atoms with Crippen LogP contribution in [0, 0.1) is 10.1 Å². The predicted octanol–water partition coefficient (Wildman–Crippen LogP) is 1.57. The fraction of sp³-hybridized carbons (Fsp3) is 0.222. The lowest BCUT2D eigenvalue weighted by atomic mass is 10.1. The Kier molecular flexibility index (Phi) is 6.83. The molecule has 0 radical (unpaired) electrons. The molecule has 10 heteroatoms. The highest BCUT2D eigenvalue weighted by molar-refractivity contribution is 7.91. The third-order valence-electron chi connectivity index (χ3n) is 3.90. The normalized spacial score (nSPS) is 12.1. The summed E-state index contributed by atoms with van der Waals surface area (Å²) < 4.78 is 24.5. The molecule has 0 fully saturated rings. The first kappa shape index (κ1) is 21.0. The number of hydrogen-bond donors (Lipinski definition) is 2. The van der Waals surface area contributed by atoms with Gasteiger partial charge in [0, 0.05) is 12.1 Å². The van der Waals surface area contributed by atoms with Gasteiger partial charge < -0.3 is 10.4 Å². The first-order valence-electron chi connectivity index (χ1n) is 8.22. The summed E-state index contributed by atoms with van der Waals surface area (Å²) in [4.78, 5) is 33.7.